The van der Waals surface area contributed by atoms with Crippen LogP contribution < -0.4 is 5.73 Å². The largest absolute Gasteiger partial charge is 0.398 e. The monoisotopic (exact) mass is 240 g/mol. The van der Waals surface area contributed by atoms with Crippen molar-refractivity contribution in [2.45, 2.75) is 19.5 Å². The summed E-state index contributed by atoms with van der Waals surface area (Å²) < 4.78 is 0. The normalized spacial score (nSPS) is 15.3. The first-order valence-corrected chi connectivity index (χ1v) is 6.16. The number of rotatable bonds is 2. The molecule has 92 valence electrons. The number of anilines is 1. The summed E-state index contributed by atoms with van der Waals surface area (Å²) in [6, 6.07) is 6.17. The molecule has 0 atom stereocenters. The van der Waals surface area contributed by atoms with E-state index >= 15 is 0 Å². The molecule has 2 heterocycles. The molecule has 0 spiro atoms. The fourth-order valence-electron chi connectivity index (χ4n) is 2.47. The Bertz CT molecular complexity index is 539. The Morgan fingerprint density at radius 3 is 3.06 bits per heavy atom. The minimum atomic E-state index is 0.849. The third kappa shape index (κ3) is 2.19. The average Bonchev–Trinajstić information content (AvgIpc) is 2.40. The Morgan fingerprint density at radius 2 is 2.22 bits per heavy atom. The van der Waals surface area contributed by atoms with Crippen molar-refractivity contribution in [3.8, 4) is 0 Å². The lowest BCUT2D eigenvalue weighted by atomic mass is 9.98. The maximum atomic E-state index is 6.00. The maximum Gasteiger partial charge on any atom is 0.0726 e. The fourth-order valence-corrected chi connectivity index (χ4v) is 2.47. The van der Waals surface area contributed by atoms with E-state index in [1.54, 1.807) is 12.4 Å². The van der Waals surface area contributed by atoms with Gasteiger partial charge in [0.1, 0.15) is 0 Å². The van der Waals surface area contributed by atoms with E-state index in [-0.39, 0.29) is 0 Å². The molecule has 1 aliphatic rings. The first kappa shape index (κ1) is 11.2. The fraction of sp³-hybridized carbons (Fsp3) is 0.286. The van der Waals surface area contributed by atoms with E-state index in [1.165, 1.54) is 11.1 Å². The molecule has 0 saturated heterocycles. The molecule has 4 nitrogen and oxygen atoms in total. The second-order valence-electron chi connectivity index (χ2n) is 4.64. The summed E-state index contributed by atoms with van der Waals surface area (Å²) in [5.74, 6) is 0. The highest BCUT2D eigenvalue weighted by atomic mass is 15.1. The minimum absolute atomic E-state index is 0.849. The van der Waals surface area contributed by atoms with E-state index in [4.69, 9.17) is 5.73 Å². The lowest BCUT2D eigenvalue weighted by Gasteiger charge is -2.29. The van der Waals surface area contributed by atoms with Crippen molar-refractivity contribution >= 4 is 5.69 Å². The van der Waals surface area contributed by atoms with Gasteiger partial charge in [-0.25, -0.2) is 0 Å². The SMILES string of the molecule is Nc1cccc2c1CCN(Cc1cnccn1)C2. The van der Waals surface area contributed by atoms with Gasteiger partial charge in [-0.15, -0.1) is 0 Å². The number of fused-ring (bicyclic) bond motifs is 1. The molecule has 3 rings (SSSR count). The van der Waals surface area contributed by atoms with Crippen LogP contribution in [0.4, 0.5) is 5.69 Å². The average molecular weight is 240 g/mol. The lowest BCUT2D eigenvalue weighted by Crippen LogP contribution is -2.30. The van der Waals surface area contributed by atoms with Gasteiger partial charge in [0.15, 0.2) is 0 Å². The number of aromatic nitrogens is 2. The van der Waals surface area contributed by atoms with E-state index < -0.39 is 0 Å². The smallest absolute Gasteiger partial charge is 0.0726 e. The Hall–Kier alpha value is -1.94. The summed E-state index contributed by atoms with van der Waals surface area (Å²) >= 11 is 0. The van der Waals surface area contributed by atoms with Gasteiger partial charge in [-0.3, -0.25) is 14.9 Å². The van der Waals surface area contributed by atoms with Gasteiger partial charge < -0.3 is 5.73 Å². The van der Waals surface area contributed by atoms with Gasteiger partial charge in [-0.2, -0.15) is 0 Å². The van der Waals surface area contributed by atoms with E-state index in [0.29, 0.717) is 0 Å². The summed E-state index contributed by atoms with van der Waals surface area (Å²) in [7, 11) is 0. The third-order valence-corrected chi connectivity index (χ3v) is 3.38. The molecule has 0 saturated carbocycles. The number of hydrogen-bond donors (Lipinski definition) is 1. The van der Waals surface area contributed by atoms with Crippen LogP contribution in [-0.2, 0) is 19.5 Å². The Balaban J connectivity index is 1.76. The number of nitrogen functional groups attached to an aromatic ring is 1. The minimum Gasteiger partial charge on any atom is -0.398 e. The molecule has 1 aliphatic heterocycles. The Kier molecular flexibility index (Phi) is 2.94. The molecule has 2 aromatic rings. The molecule has 4 heteroatoms. The molecular weight excluding hydrogens is 224 g/mol. The van der Waals surface area contributed by atoms with Crippen LogP contribution >= 0.6 is 0 Å². The molecule has 1 aromatic heterocycles. The van der Waals surface area contributed by atoms with Crippen LogP contribution in [0.25, 0.3) is 0 Å². The van der Waals surface area contributed by atoms with Crippen molar-refractivity contribution in [1.29, 1.82) is 0 Å². The zero-order chi connectivity index (χ0) is 12.4. The van der Waals surface area contributed by atoms with Crippen molar-refractivity contribution in [2.24, 2.45) is 0 Å². The molecular formula is C14H16N4. The van der Waals surface area contributed by atoms with Crippen LogP contribution in [0.2, 0.25) is 0 Å². The van der Waals surface area contributed by atoms with Gasteiger partial charge in [-0.05, 0) is 23.6 Å². The molecule has 0 bridgehead atoms. The van der Waals surface area contributed by atoms with Crippen LogP contribution in [0.15, 0.2) is 36.8 Å². The second-order valence-corrected chi connectivity index (χ2v) is 4.64. The summed E-state index contributed by atoms with van der Waals surface area (Å²) in [5, 5.41) is 0. The van der Waals surface area contributed by atoms with Gasteiger partial charge in [-0.1, -0.05) is 12.1 Å². The molecule has 0 amide bonds. The lowest BCUT2D eigenvalue weighted by molar-refractivity contribution is 0.242. The van der Waals surface area contributed by atoms with Crippen LogP contribution in [0, 0.1) is 0 Å². The van der Waals surface area contributed by atoms with Crippen LogP contribution in [0.1, 0.15) is 16.8 Å². The van der Waals surface area contributed by atoms with E-state index in [1.807, 2.05) is 18.3 Å². The predicted molar refractivity (Wildman–Crippen MR) is 70.7 cm³/mol. The first-order chi connectivity index (χ1) is 8.83. The van der Waals surface area contributed by atoms with Crippen molar-refractivity contribution in [2.75, 3.05) is 12.3 Å². The highest BCUT2D eigenvalue weighted by molar-refractivity contribution is 5.51. The third-order valence-electron chi connectivity index (χ3n) is 3.38. The van der Waals surface area contributed by atoms with Crippen LogP contribution in [0.3, 0.4) is 0 Å². The topological polar surface area (TPSA) is 55.0 Å². The number of hydrogen-bond acceptors (Lipinski definition) is 4. The zero-order valence-corrected chi connectivity index (χ0v) is 10.2. The van der Waals surface area contributed by atoms with Crippen molar-refractivity contribution < 1.29 is 0 Å². The van der Waals surface area contributed by atoms with Crippen LogP contribution in [-0.4, -0.2) is 21.4 Å². The summed E-state index contributed by atoms with van der Waals surface area (Å²) in [4.78, 5) is 10.8. The molecule has 0 aliphatic carbocycles. The molecule has 18 heavy (non-hydrogen) atoms. The molecule has 0 unspecified atom stereocenters. The molecule has 1 aromatic carbocycles. The standard InChI is InChI=1S/C14H16N4/c15-14-3-1-2-11-9-18(7-4-13(11)14)10-12-8-16-5-6-17-12/h1-3,5-6,8H,4,7,9-10,15H2. The highest BCUT2D eigenvalue weighted by Gasteiger charge is 2.18. The van der Waals surface area contributed by atoms with E-state index in [0.717, 1.165) is 37.4 Å². The first-order valence-electron chi connectivity index (χ1n) is 6.16. The quantitative estimate of drug-likeness (QED) is 0.810. The van der Waals surface area contributed by atoms with Crippen molar-refractivity contribution in [3.63, 3.8) is 0 Å². The molecule has 0 radical (unpaired) electrons. The van der Waals surface area contributed by atoms with E-state index in [9.17, 15) is 0 Å². The Morgan fingerprint density at radius 1 is 1.28 bits per heavy atom. The van der Waals surface area contributed by atoms with Gasteiger partial charge >= 0.3 is 0 Å². The van der Waals surface area contributed by atoms with Gasteiger partial charge in [0, 0.05) is 43.9 Å². The summed E-state index contributed by atoms with van der Waals surface area (Å²) in [5.41, 5.74) is 10.6. The predicted octanol–water partition coefficient (Wildman–Crippen LogP) is 1.62. The maximum absolute atomic E-state index is 6.00. The second kappa shape index (κ2) is 4.74. The number of nitrogens with two attached hydrogens (primary N) is 1. The molecule has 2 N–H and O–H groups in total. The van der Waals surface area contributed by atoms with Crippen molar-refractivity contribution in [3.05, 3.63) is 53.6 Å². The van der Waals surface area contributed by atoms with Gasteiger partial charge in [0.25, 0.3) is 0 Å². The van der Waals surface area contributed by atoms with E-state index in [2.05, 4.69) is 20.9 Å². The molecule has 0 fully saturated rings. The van der Waals surface area contributed by atoms with Crippen molar-refractivity contribution in [1.82, 2.24) is 14.9 Å². The van der Waals surface area contributed by atoms with Gasteiger partial charge in [0.2, 0.25) is 0 Å². The van der Waals surface area contributed by atoms with Gasteiger partial charge in [0.05, 0.1) is 5.69 Å². The highest BCUT2D eigenvalue weighted by Crippen LogP contribution is 2.24. The number of nitrogens with zero attached hydrogens (tertiary/aromatic N) is 3. The Labute approximate surface area is 106 Å². The summed E-state index contributed by atoms with van der Waals surface area (Å²) in [6.07, 6.45) is 6.29. The van der Waals surface area contributed by atoms with Crippen LogP contribution in [0.5, 0.6) is 0 Å². The summed E-state index contributed by atoms with van der Waals surface area (Å²) in [6.45, 7) is 2.82. The zero-order valence-electron chi connectivity index (χ0n) is 10.2. The number of benzene rings is 1.